The molecule has 0 aliphatic carbocycles. The van der Waals surface area contributed by atoms with E-state index in [0.717, 1.165) is 17.1 Å². The van der Waals surface area contributed by atoms with Crippen molar-refractivity contribution in [3.63, 3.8) is 0 Å². The van der Waals surface area contributed by atoms with Crippen LogP contribution >= 0.6 is 0 Å². The molecular formula is C22H23N3O2. The minimum absolute atomic E-state index is 0.189. The van der Waals surface area contributed by atoms with Crippen molar-refractivity contribution >= 4 is 23.1 Å². The van der Waals surface area contributed by atoms with Crippen LogP contribution in [0.2, 0.25) is 0 Å². The van der Waals surface area contributed by atoms with Crippen LogP contribution in [0.3, 0.4) is 0 Å². The molecule has 0 spiro atoms. The number of ether oxygens (including phenoxy) is 1. The smallest absolute Gasteiger partial charge is 0.326 e. The molecule has 0 fully saturated rings. The zero-order valence-electron chi connectivity index (χ0n) is 15.0. The number of nitrogens with zero attached hydrogens (tertiary/aromatic N) is 1. The van der Waals surface area contributed by atoms with Crippen LogP contribution in [-0.4, -0.2) is 19.2 Å². The molecule has 3 rings (SSSR count). The molecule has 3 aromatic rings. The predicted octanol–water partition coefficient (Wildman–Crippen LogP) is 4.59. The third-order valence-electron chi connectivity index (χ3n) is 3.98. The largest absolute Gasteiger partial charge is 0.494 e. The van der Waals surface area contributed by atoms with Gasteiger partial charge in [0.2, 0.25) is 0 Å². The number of urea groups is 1. The maximum absolute atomic E-state index is 12.8. The van der Waals surface area contributed by atoms with Crippen molar-refractivity contribution in [2.24, 2.45) is 0 Å². The Labute approximate surface area is 159 Å². The molecule has 138 valence electrons. The van der Waals surface area contributed by atoms with Gasteiger partial charge in [-0.25, -0.2) is 4.79 Å². The van der Waals surface area contributed by atoms with Crippen molar-refractivity contribution in [1.82, 2.24) is 5.32 Å². The number of amides is 2. The lowest BCUT2D eigenvalue weighted by atomic mass is 10.2. The molecule has 0 aromatic heterocycles. The van der Waals surface area contributed by atoms with E-state index in [1.807, 2.05) is 72.8 Å². The Bertz CT molecular complexity index is 836. The van der Waals surface area contributed by atoms with Crippen molar-refractivity contribution in [3.05, 3.63) is 84.9 Å². The fraction of sp³-hybridized carbons (Fsp3) is 0.136. The number of carbonyl (C=O) groups is 1. The van der Waals surface area contributed by atoms with E-state index in [1.165, 1.54) is 0 Å². The molecule has 0 atom stereocenters. The van der Waals surface area contributed by atoms with E-state index >= 15 is 0 Å². The zero-order valence-corrected chi connectivity index (χ0v) is 15.0. The van der Waals surface area contributed by atoms with Crippen LogP contribution in [0.15, 0.2) is 84.9 Å². The summed E-state index contributed by atoms with van der Waals surface area (Å²) in [7, 11) is 0. The number of carbonyl (C=O) groups excluding carboxylic acids is 1. The summed E-state index contributed by atoms with van der Waals surface area (Å²) in [5.74, 6) is 0.830. The Morgan fingerprint density at radius 3 is 2.11 bits per heavy atom. The molecule has 0 saturated carbocycles. The van der Waals surface area contributed by atoms with Crippen molar-refractivity contribution in [2.45, 2.75) is 6.42 Å². The summed E-state index contributed by atoms with van der Waals surface area (Å²) in [5.41, 5.74) is 7.98. The Kier molecular flexibility index (Phi) is 6.30. The molecule has 0 heterocycles. The summed E-state index contributed by atoms with van der Waals surface area (Å²) in [4.78, 5) is 14.4. The van der Waals surface area contributed by atoms with Gasteiger partial charge in [0, 0.05) is 12.2 Å². The molecule has 5 nitrogen and oxygen atoms in total. The molecule has 0 aliphatic rings. The van der Waals surface area contributed by atoms with Crippen LogP contribution in [-0.2, 0) is 0 Å². The quantitative estimate of drug-likeness (QED) is 0.478. The molecule has 0 unspecified atom stereocenters. The highest BCUT2D eigenvalue weighted by atomic mass is 16.5. The third-order valence-corrected chi connectivity index (χ3v) is 3.98. The van der Waals surface area contributed by atoms with Gasteiger partial charge in [-0.15, -0.1) is 0 Å². The second kappa shape index (κ2) is 9.29. The Balaban J connectivity index is 1.59. The number of nitrogens with two attached hydrogens (primary N) is 1. The van der Waals surface area contributed by atoms with E-state index in [0.29, 0.717) is 25.3 Å². The highest BCUT2D eigenvalue weighted by Crippen LogP contribution is 2.26. The van der Waals surface area contributed by atoms with Crippen LogP contribution < -0.4 is 20.7 Å². The van der Waals surface area contributed by atoms with Crippen LogP contribution in [0, 0.1) is 0 Å². The molecule has 0 bridgehead atoms. The lowest BCUT2D eigenvalue weighted by Crippen LogP contribution is -2.37. The number of hydrogen-bond acceptors (Lipinski definition) is 3. The van der Waals surface area contributed by atoms with E-state index in [9.17, 15) is 4.79 Å². The lowest BCUT2D eigenvalue weighted by molar-refractivity contribution is 0.246. The Hall–Kier alpha value is -3.47. The van der Waals surface area contributed by atoms with Crippen molar-refractivity contribution in [3.8, 4) is 5.75 Å². The number of anilines is 3. The summed E-state index contributed by atoms with van der Waals surface area (Å²) >= 11 is 0. The van der Waals surface area contributed by atoms with Gasteiger partial charge in [-0.1, -0.05) is 36.4 Å². The van der Waals surface area contributed by atoms with Gasteiger partial charge in [0.15, 0.2) is 0 Å². The van der Waals surface area contributed by atoms with E-state index in [-0.39, 0.29) is 6.03 Å². The van der Waals surface area contributed by atoms with Crippen LogP contribution in [0.1, 0.15) is 6.42 Å². The summed E-state index contributed by atoms with van der Waals surface area (Å²) in [5, 5.41) is 2.96. The standard InChI is InChI=1S/C22H23N3O2/c23-18-12-14-20(15-13-18)25(19-8-3-1-4-9-19)22(26)24-16-7-17-27-21-10-5-2-6-11-21/h1-6,8-15H,7,16-17,23H2,(H,24,26). The number of benzene rings is 3. The minimum Gasteiger partial charge on any atom is -0.494 e. The first kappa shape index (κ1) is 18.3. The number of para-hydroxylation sites is 2. The monoisotopic (exact) mass is 361 g/mol. The average Bonchev–Trinajstić information content (AvgIpc) is 2.71. The zero-order chi connectivity index (χ0) is 18.9. The second-order valence-electron chi connectivity index (χ2n) is 6.01. The molecule has 27 heavy (non-hydrogen) atoms. The number of rotatable bonds is 7. The molecule has 3 aromatic carbocycles. The SMILES string of the molecule is Nc1ccc(N(C(=O)NCCCOc2ccccc2)c2ccccc2)cc1. The van der Waals surface area contributed by atoms with E-state index in [2.05, 4.69) is 5.32 Å². The summed E-state index contributed by atoms with van der Waals surface area (Å²) in [6.45, 7) is 1.06. The molecule has 0 aliphatic heterocycles. The van der Waals surface area contributed by atoms with Gasteiger partial charge in [-0.05, 0) is 55.0 Å². The summed E-state index contributed by atoms with van der Waals surface area (Å²) < 4.78 is 5.65. The molecular weight excluding hydrogens is 338 g/mol. The van der Waals surface area contributed by atoms with Crippen LogP contribution in [0.25, 0.3) is 0 Å². The second-order valence-corrected chi connectivity index (χ2v) is 6.01. The third kappa shape index (κ3) is 5.25. The van der Waals surface area contributed by atoms with Gasteiger partial charge in [0.05, 0.1) is 18.0 Å². The van der Waals surface area contributed by atoms with Gasteiger partial charge >= 0.3 is 6.03 Å². The molecule has 0 saturated heterocycles. The maximum Gasteiger partial charge on any atom is 0.326 e. The highest BCUT2D eigenvalue weighted by molar-refractivity contribution is 5.99. The summed E-state index contributed by atoms with van der Waals surface area (Å²) in [6.07, 6.45) is 0.713. The topological polar surface area (TPSA) is 67.6 Å². The van der Waals surface area contributed by atoms with Crippen molar-refractivity contribution in [1.29, 1.82) is 0 Å². The van der Waals surface area contributed by atoms with Gasteiger partial charge < -0.3 is 15.8 Å². The van der Waals surface area contributed by atoms with Gasteiger partial charge in [0.25, 0.3) is 0 Å². The van der Waals surface area contributed by atoms with Crippen molar-refractivity contribution < 1.29 is 9.53 Å². The molecule has 0 radical (unpaired) electrons. The first-order chi connectivity index (χ1) is 13.2. The highest BCUT2D eigenvalue weighted by Gasteiger charge is 2.17. The maximum atomic E-state index is 12.8. The van der Waals surface area contributed by atoms with Gasteiger partial charge in [-0.2, -0.15) is 0 Å². The van der Waals surface area contributed by atoms with Gasteiger partial charge in [0.1, 0.15) is 5.75 Å². The minimum atomic E-state index is -0.189. The normalized spacial score (nSPS) is 10.2. The van der Waals surface area contributed by atoms with E-state index in [1.54, 1.807) is 17.0 Å². The number of hydrogen-bond donors (Lipinski definition) is 2. The molecule has 2 amide bonds. The van der Waals surface area contributed by atoms with Crippen molar-refractivity contribution in [2.75, 3.05) is 23.8 Å². The first-order valence-corrected chi connectivity index (χ1v) is 8.90. The van der Waals surface area contributed by atoms with Gasteiger partial charge in [-0.3, -0.25) is 4.90 Å². The lowest BCUT2D eigenvalue weighted by Gasteiger charge is -2.23. The first-order valence-electron chi connectivity index (χ1n) is 8.90. The average molecular weight is 361 g/mol. The van der Waals surface area contributed by atoms with Crippen LogP contribution in [0.4, 0.5) is 21.9 Å². The fourth-order valence-corrected chi connectivity index (χ4v) is 2.64. The predicted molar refractivity (Wildman–Crippen MR) is 109 cm³/mol. The molecule has 5 heteroatoms. The van der Waals surface area contributed by atoms with E-state index in [4.69, 9.17) is 10.5 Å². The number of nitrogen functional groups attached to an aromatic ring is 1. The Morgan fingerprint density at radius 1 is 0.852 bits per heavy atom. The van der Waals surface area contributed by atoms with Crippen LogP contribution in [0.5, 0.6) is 5.75 Å². The fourth-order valence-electron chi connectivity index (χ4n) is 2.64. The number of nitrogens with one attached hydrogen (secondary N) is 1. The van der Waals surface area contributed by atoms with E-state index < -0.39 is 0 Å². The molecule has 3 N–H and O–H groups in total. The summed E-state index contributed by atoms with van der Waals surface area (Å²) in [6, 6.07) is 26.2. The Morgan fingerprint density at radius 2 is 1.44 bits per heavy atom.